The number of aryl methyl sites for hydroxylation is 1. The summed E-state index contributed by atoms with van der Waals surface area (Å²) in [7, 11) is 0. The molecule has 0 saturated heterocycles. The number of nitrogens with one attached hydrogen (secondary N) is 1. The molecule has 0 heterocycles. The molecule has 0 saturated carbocycles. The van der Waals surface area contributed by atoms with Gasteiger partial charge in [0.1, 0.15) is 12.4 Å². The molecule has 0 aliphatic heterocycles. The number of hydrogen-bond acceptors (Lipinski definition) is 3. The summed E-state index contributed by atoms with van der Waals surface area (Å²) in [6, 6.07) is 16.3. The molecular weight excluding hydrogens is 262 g/mol. The van der Waals surface area contributed by atoms with Gasteiger partial charge in [-0.15, -0.1) is 0 Å². The average Bonchev–Trinajstić information content (AvgIpc) is 2.47. The topological polar surface area (TPSA) is 41.5 Å². The minimum Gasteiger partial charge on any atom is -0.489 e. The zero-order valence-corrected chi connectivity index (χ0v) is 12.7. The van der Waals surface area contributed by atoms with Crippen molar-refractivity contribution < 1.29 is 9.84 Å². The molecule has 2 aromatic rings. The molecule has 21 heavy (non-hydrogen) atoms. The van der Waals surface area contributed by atoms with Crippen LogP contribution in [-0.4, -0.2) is 17.8 Å². The molecule has 0 spiro atoms. The van der Waals surface area contributed by atoms with Crippen LogP contribution in [0.5, 0.6) is 5.75 Å². The summed E-state index contributed by atoms with van der Waals surface area (Å²) < 4.78 is 5.81. The van der Waals surface area contributed by atoms with Gasteiger partial charge in [0.2, 0.25) is 0 Å². The van der Waals surface area contributed by atoms with Crippen LogP contribution in [0.2, 0.25) is 0 Å². The van der Waals surface area contributed by atoms with Gasteiger partial charge in [0.05, 0.1) is 6.10 Å². The molecule has 2 N–H and O–H groups in total. The molecule has 3 heteroatoms. The van der Waals surface area contributed by atoms with Crippen molar-refractivity contribution in [2.45, 2.75) is 33.1 Å². The van der Waals surface area contributed by atoms with Crippen LogP contribution >= 0.6 is 0 Å². The summed E-state index contributed by atoms with van der Waals surface area (Å²) in [5.74, 6) is 0.873. The van der Waals surface area contributed by atoms with Crippen LogP contribution in [0.15, 0.2) is 48.5 Å². The third kappa shape index (κ3) is 5.21. The van der Waals surface area contributed by atoms with Crippen LogP contribution in [0, 0.1) is 6.92 Å². The predicted octanol–water partition coefficient (Wildman–Crippen LogP) is 3.04. The number of aliphatic hydroxyl groups excluding tert-OH is 1. The summed E-state index contributed by atoms with van der Waals surface area (Å²) in [6.45, 7) is 5.81. The minimum atomic E-state index is -0.318. The Morgan fingerprint density at radius 2 is 1.81 bits per heavy atom. The lowest BCUT2D eigenvalue weighted by molar-refractivity contribution is 0.191. The highest BCUT2D eigenvalue weighted by Crippen LogP contribution is 2.15. The van der Waals surface area contributed by atoms with E-state index >= 15 is 0 Å². The molecular formula is C18H23NO2. The Labute approximate surface area is 126 Å². The molecule has 3 nitrogen and oxygen atoms in total. The van der Waals surface area contributed by atoms with Gasteiger partial charge in [-0.05, 0) is 42.7 Å². The first-order valence-electron chi connectivity index (χ1n) is 7.30. The Bertz CT molecular complexity index is 549. The first kappa shape index (κ1) is 15.5. The summed E-state index contributed by atoms with van der Waals surface area (Å²) in [4.78, 5) is 0. The second-order valence-corrected chi connectivity index (χ2v) is 5.34. The Morgan fingerprint density at radius 3 is 2.48 bits per heavy atom. The highest BCUT2D eigenvalue weighted by molar-refractivity contribution is 5.29. The Morgan fingerprint density at radius 1 is 1.10 bits per heavy atom. The molecule has 1 atom stereocenters. The molecule has 0 unspecified atom stereocenters. The number of rotatable bonds is 7. The number of ether oxygens (including phenoxy) is 1. The average molecular weight is 285 g/mol. The lowest BCUT2D eigenvalue weighted by atomic mass is 10.1. The van der Waals surface area contributed by atoms with E-state index in [1.165, 1.54) is 16.7 Å². The van der Waals surface area contributed by atoms with Crippen molar-refractivity contribution in [3.05, 3.63) is 65.2 Å². The van der Waals surface area contributed by atoms with E-state index in [0.717, 1.165) is 12.3 Å². The van der Waals surface area contributed by atoms with Crippen molar-refractivity contribution in [3.8, 4) is 5.75 Å². The zero-order valence-electron chi connectivity index (χ0n) is 12.7. The van der Waals surface area contributed by atoms with Crippen LogP contribution in [0.4, 0.5) is 0 Å². The van der Waals surface area contributed by atoms with Gasteiger partial charge in [-0.1, -0.05) is 36.4 Å². The first-order valence-corrected chi connectivity index (χ1v) is 7.30. The van der Waals surface area contributed by atoms with Crippen LogP contribution in [0.3, 0.4) is 0 Å². The molecule has 0 bridgehead atoms. The summed E-state index contributed by atoms with van der Waals surface area (Å²) in [5.41, 5.74) is 3.63. The number of aliphatic hydroxyl groups is 1. The van der Waals surface area contributed by atoms with Gasteiger partial charge in [0.15, 0.2) is 0 Å². The van der Waals surface area contributed by atoms with E-state index in [9.17, 15) is 5.11 Å². The quantitative estimate of drug-likeness (QED) is 0.821. The smallest absolute Gasteiger partial charge is 0.119 e. The van der Waals surface area contributed by atoms with Gasteiger partial charge >= 0.3 is 0 Å². The second-order valence-electron chi connectivity index (χ2n) is 5.34. The summed E-state index contributed by atoms with van der Waals surface area (Å²) in [6.07, 6.45) is -0.318. The highest BCUT2D eigenvalue weighted by Gasteiger charge is 2.00. The maximum atomic E-state index is 9.19. The molecule has 0 aromatic heterocycles. The molecule has 112 valence electrons. The van der Waals surface area contributed by atoms with E-state index in [2.05, 4.69) is 24.4 Å². The molecule has 0 radical (unpaired) electrons. The Balaban J connectivity index is 1.84. The van der Waals surface area contributed by atoms with Gasteiger partial charge in [0, 0.05) is 13.1 Å². The van der Waals surface area contributed by atoms with Crippen LogP contribution < -0.4 is 10.1 Å². The fraction of sp³-hybridized carbons (Fsp3) is 0.333. The van der Waals surface area contributed by atoms with Gasteiger partial charge in [-0.25, -0.2) is 0 Å². The van der Waals surface area contributed by atoms with Crippen molar-refractivity contribution >= 4 is 0 Å². The van der Waals surface area contributed by atoms with Crippen molar-refractivity contribution in [1.82, 2.24) is 5.32 Å². The van der Waals surface area contributed by atoms with E-state index in [-0.39, 0.29) is 6.10 Å². The molecule has 2 rings (SSSR count). The lowest BCUT2D eigenvalue weighted by Gasteiger charge is -2.10. The summed E-state index contributed by atoms with van der Waals surface area (Å²) in [5, 5.41) is 12.4. The van der Waals surface area contributed by atoms with Crippen molar-refractivity contribution in [3.63, 3.8) is 0 Å². The number of hydrogen-bond donors (Lipinski definition) is 2. The predicted molar refractivity (Wildman–Crippen MR) is 85.3 cm³/mol. The normalized spacial score (nSPS) is 12.1. The maximum absolute atomic E-state index is 9.19. The molecule has 0 aliphatic rings. The highest BCUT2D eigenvalue weighted by atomic mass is 16.5. The largest absolute Gasteiger partial charge is 0.489 e. The van der Waals surface area contributed by atoms with E-state index in [1.54, 1.807) is 6.92 Å². The third-order valence-electron chi connectivity index (χ3n) is 3.35. The van der Waals surface area contributed by atoms with E-state index in [0.29, 0.717) is 13.2 Å². The SMILES string of the molecule is Cc1ccccc1COc1ccc(CNC[C@@H](C)O)cc1. The van der Waals surface area contributed by atoms with Crippen LogP contribution in [0.1, 0.15) is 23.6 Å². The van der Waals surface area contributed by atoms with Crippen LogP contribution in [0.25, 0.3) is 0 Å². The fourth-order valence-electron chi connectivity index (χ4n) is 2.06. The van der Waals surface area contributed by atoms with Gasteiger partial charge in [-0.2, -0.15) is 0 Å². The Hall–Kier alpha value is -1.84. The van der Waals surface area contributed by atoms with Crippen molar-refractivity contribution in [1.29, 1.82) is 0 Å². The maximum Gasteiger partial charge on any atom is 0.119 e. The van der Waals surface area contributed by atoms with Crippen molar-refractivity contribution in [2.75, 3.05) is 6.54 Å². The third-order valence-corrected chi connectivity index (χ3v) is 3.35. The fourth-order valence-corrected chi connectivity index (χ4v) is 2.06. The monoisotopic (exact) mass is 285 g/mol. The molecule has 0 amide bonds. The lowest BCUT2D eigenvalue weighted by Crippen LogP contribution is -2.23. The number of benzene rings is 2. The minimum absolute atomic E-state index is 0.318. The standard InChI is InChI=1S/C18H23NO2/c1-14-5-3-4-6-17(14)13-21-18-9-7-16(8-10-18)12-19-11-15(2)20/h3-10,15,19-20H,11-13H2,1-2H3/t15-/m1/s1. The van der Waals surface area contributed by atoms with Gasteiger partial charge in [0.25, 0.3) is 0 Å². The summed E-state index contributed by atoms with van der Waals surface area (Å²) >= 11 is 0. The Kier molecular flexibility index (Phi) is 5.78. The van der Waals surface area contributed by atoms with Gasteiger partial charge < -0.3 is 15.2 Å². The van der Waals surface area contributed by atoms with E-state index < -0.39 is 0 Å². The second kappa shape index (κ2) is 7.81. The first-order chi connectivity index (χ1) is 10.1. The van der Waals surface area contributed by atoms with Crippen LogP contribution in [-0.2, 0) is 13.2 Å². The van der Waals surface area contributed by atoms with E-state index in [4.69, 9.17) is 4.74 Å². The van der Waals surface area contributed by atoms with Crippen molar-refractivity contribution in [2.24, 2.45) is 0 Å². The molecule has 0 aliphatic carbocycles. The van der Waals surface area contributed by atoms with E-state index in [1.807, 2.05) is 36.4 Å². The molecule has 2 aromatic carbocycles. The zero-order chi connectivity index (χ0) is 15.1. The molecule has 0 fully saturated rings. The van der Waals surface area contributed by atoms with Gasteiger partial charge in [-0.3, -0.25) is 0 Å².